The first kappa shape index (κ1) is 14.5. The van der Waals surface area contributed by atoms with E-state index >= 15 is 0 Å². The van der Waals surface area contributed by atoms with Crippen LogP contribution in [0.3, 0.4) is 0 Å². The fourth-order valence-electron chi connectivity index (χ4n) is 2.83. The Kier molecular flexibility index (Phi) is 4.99. The predicted molar refractivity (Wildman–Crippen MR) is 80.4 cm³/mol. The molecule has 2 rings (SSSR count). The van der Waals surface area contributed by atoms with E-state index in [1.807, 2.05) is 0 Å². The first-order valence-corrected chi connectivity index (χ1v) is 8.14. The van der Waals surface area contributed by atoms with Gasteiger partial charge in [-0.05, 0) is 55.8 Å². The van der Waals surface area contributed by atoms with E-state index in [-0.39, 0.29) is 11.3 Å². The Bertz CT molecular complexity index is 422. The van der Waals surface area contributed by atoms with Gasteiger partial charge in [0.1, 0.15) is 0 Å². The molecular formula is C15H24N2OS. The van der Waals surface area contributed by atoms with Crippen LogP contribution in [0.15, 0.2) is 11.4 Å². The second kappa shape index (κ2) is 6.53. The standard InChI is InChI=1S/C15H24N2OS/c1-3-12-5-10-19-13(12)11-17-14(18)15(4-2)6-8-16-9-7-15/h5,10,16H,3-4,6-9,11H2,1-2H3,(H,17,18). The van der Waals surface area contributed by atoms with Gasteiger partial charge >= 0.3 is 0 Å². The smallest absolute Gasteiger partial charge is 0.226 e. The van der Waals surface area contributed by atoms with Gasteiger partial charge in [0.15, 0.2) is 0 Å². The average Bonchev–Trinajstić information content (AvgIpc) is 2.92. The Morgan fingerprint density at radius 2 is 2.16 bits per heavy atom. The molecule has 2 heterocycles. The minimum Gasteiger partial charge on any atom is -0.351 e. The van der Waals surface area contributed by atoms with Crippen LogP contribution >= 0.6 is 11.3 Å². The lowest BCUT2D eigenvalue weighted by Gasteiger charge is -2.35. The summed E-state index contributed by atoms with van der Waals surface area (Å²) in [6, 6.07) is 2.16. The minimum absolute atomic E-state index is 0.144. The topological polar surface area (TPSA) is 41.1 Å². The van der Waals surface area contributed by atoms with Crippen LogP contribution in [-0.4, -0.2) is 19.0 Å². The molecule has 1 aromatic heterocycles. The highest BCUT2D eigenvalue weighted by Crippen LogP contribution is 2.32. The van der Waals surface area contributed by atoms with Gasteiger partial charge in [-0.15, -0.1) is 11.3 Å². The number of carbonyl (C=O) groups excluding carboxylic acids is 1. The molecule has 0 saturated carbocycles. The third-order valence-electron chi connectivity index (χ3n) is 4.35. The fourth-order valence-corrected chi connectivity index (χ4v) is 3.75. The van der Waals surface area contributed by atoms with Gasteiger partial charge in [-0.2, -0.15) is 0 Å². The van der Waals surface area contributed by atoms with Crippen molar-refractivity contribution in [2.24, 2.45) is 5.41 Å². The van der Waals surface area contributed by atoms with Gasteiger partial charge in [0.2, 0.25) is 5.91 Å². The van der Waals surface area contributed by atoms with Crippen molar-refractivity contribution in [1.29, 1.82) is 0 Å². The summed E-state index contributed by atoms with van der Waals surface area (Å²) in [5.41, 5.74) is 1.22. The summed E-state index contributed by atoms with van der Waals surface area (Å²) in [5, 5.41) is 8.62. The third-order valence-corrected chi connectivity index (χ3v) is 5.31. The van der Waals surface area contributed by atoms with E-state index in [0.29, 0.717) is 6.54 Å². The minimum atomic E-state index is -0.144. The molecule has 3 nitrogen and oxygen atoms in total. The Balaban J connectivity index is 1.96. The van der Waals surface area contributed by atoms with Crippen LogP contribution in [0.1, 0.15) is 43.6 Å². The Labute approximate surface area is 119 Å². The van der Waals surface area contributed by atoms with Gasteiger partial charge in [-0.1, -0.05) is 13.8 Å². The number of carbonyl (C=O) groups is 1. The third kappa shape index (κ3) is 3.18. The maximum Gasteiger partial charge on any atom is 0.226 e. The van der Waals surface area contributed by atoms with Crippen molar-refractivity contribution in [2.45, 2.75) is 46.1 Å². The highest BCUT2D eigenvalue weighted by Gasteiger charge is 2.37. The van der Waals surface area contributed by atoms with Gasteiger partial charge in [0.05, 0.1) is 12.0 Å². The molecule has 1 aromatic rings. The van der Waals surface area contributed by atoms with E-state index in [1.54, 1.807) is 11.3 Å². The molecule has 0 atom stereocenters. The molecule has 106 valence electrons. The van der Waals surface area contributed by atoms with Crippen molar-refractivity contribution in [3.05, 3.63) is 21.9 Å². The Hall–Kier alpha value is -0.870. The van der Waals surface area contributed by atoms with E-state index in [0.717, 1.165) is 38.8 Å². The summed E-state index contributed by atoms with van der Waals surface area (Å²) in [4.78, 5) is 13.8. The summed E-state index contributed by atoms with van der Waals surface area (Å²) in [6.45, 7) is 6.90. The zero-order valence-corrected chi connectivity index (χ0v) is 12.7. The number of thiophene rings is 1. The molecule has 0 spiro atoms. The zero-order chi connectivity index (χ0) is 13.7. The van der Waals surface area contributed by atoms with Crippen LogP contribution in [0, 0.1) is 5.41 Å². The maximum absolute atomic E-state index is 12.5. The van der Waals surface area contributed by atoms with Crippen molar-refractivity contribution in [3.8, 4) is 0 Å². The van der Waals surface area contributed by atoms with E-state index < -0.39 is 0 Å². The largest absolute Gasteiger partial charge is 0.351 e. The quantitative estimate of drug-likeness (QED) is 0.870. The lowest BCUT2D eigenvalue weighted by Crippen LogP contribution is -2.47. The number of hydrogen-bond donors (Lipinski definition) is 2. The maximum atomic E-state index is 12.5. The molecule has 1 aliphatic heterocycles. The first-order valence-electron chi connectivity index (χ1n) is 7.26. The molecule has 0 bridgehead atoms. The molecule has 0 aliphatic carbocycles. The average molecular weight is 280 g/mol. The van der Waals surface area contributed by atoms with Crippen LogP contribution in [-0.2, 0) is 17.8 Å². The molecule has 4 heteroatoms. The molecule has 0 radical (unpaired) electrons. The van der Waals surface area contributed by atoms with Crippen molar-refractivity contribution in [1.82, 2.24) is 10.6 Å². The summed E-state index contributed by atoms with van der Waals surface area (Å²) >= 11 is 1.74. The number of nitrogens with one attached hydrogen (secondary N) is 2. The van der Waals surface area contributed by atoms with Crippen LogP contribution in [0.2, 0.25) is 0 Å². The van der Waals surface area contributed by atoms with Gasteiger partial charge in [-0.25, -0.2) is 0 Å². The van der Waals surface area contributed by atoms with Crippen LogP contribution in [0.25, 0.3) is 0 Å². The van der Waals surface area contributed by atoms with Gasteiger partial charge < -0.3 is 10.6 Å². The molecule has 1 saturated heterocycles. The Morgan fingerprint density at radius 1 is 1.42 bits per heavy atom. The van der Waals surface area contributed by atoms with Crippen molar-refractivity contribution < 1.29 is 4.79 Å². The highest BCUT2D eigenvalue weighted by atomic mass is 32.1. The lowest BCUT2D eigenvalue weighted by atomic mass is 9.76. The molecular weight excluding hydrogens is 256 g/mol. The summed E-state index contributed by atoms with van der Waals surface area (Å²) in [5.74, 6) is 0.243. The lowest BCUT2D eigenvalue weighted by molar-refractivity contribution is -0.133. The molecule has 0 aromatic carbocycles. The monoisotopic (exact) mass is 280 g/mol. The SMILES string of the molecule is CCc1ccsc1CNC(=O)C1(CC)CCNCC1. The van der Waals surface area contributed by atoms with Crippen molar-refractivity contribution in [2.75, 3.05) is 13.1 Å². The van der Waals surface area contributed by atoms with E-state index in [9.17, 15) is 4.79 Å². The molecule has 1 fully saturated rings. The molecule has 1 aliphatic rings. The van der Waals surface area contributed by atoms with Crippen molar-refractivity contribution >= 4 is 17.2 Å². The van der Waals surface area contributed by atoms with Crippen LogP contribution in [0.4, 0.5) is 0 Å². The van der Waals surface area contributed by atoms with Crippen LogP contribution < -0.4 is 10.6 Å². The first-order chi connectivity index (χ1) is 9.22. The van der Waals surface area contributed by atoms with Gasteiger partial charge in [-0.3, -0.25) is 4.79 Å². The van der Waals surface area contributed by atoms with Gasteiger partial charge in [0.25, 0.3) is 0 Å². The van der Waals surface area contributed by atoms with E-state index in [1.165, 1.54) is 10.4 Å². The van der Waals surface area contributed by atoms with E-state index in [4.69, 9.17) is 0 Å². The molecule has 19 heavy (non-hydrogen) atoms. The normalized spacial score (nSPS) is 18.2. The molecule has 0 unspecified atom stereocenters. The summed E-state index contributed by atoms with van der Waals surface area (Å²) in [7, 11) is 0. The number of piperidine rings is 1. The fraction of sp³-hybridized carbons (Fsp3) is 0.667. The summed E-state index contributed by atoms with van der Waals surface area (Å²) < 4.78 is 0. The van der Waals surface area contributed by atoms with E-state index in [2.05, 4.69) is 35.9 Å². The predicted octanol–water partition coefficient (Wildman–Crippen LogP) is 2.71. The highest BCUT2D eigenvalue weighted by molar-refractivity contribution is 7.10. The van der Waals surface area contributed by atoms with Gasteiger partial charge in [0, 0.05) is 4.88 Å². The zero-order valence-electron chi connectivity index (χ0n) is 11.9. The number of amides is 1. The summed E-state index contributed by atoms with van der Waals surface area (Å²) in [6.07, 6.45) is 3.89. The van der Waals surface area contributed by atoms with Crippen LogP contribution in [0.5, 0.6) is 0 Å². The second-order valence-corrected chi connectivity index (χ2v) is 6.29. The number of aryl methyl sites for hydroxylation is 1. The van der Waals surface area contributed by atoms with Crippen molar-refractivity contribution in [3.63, 3.8) is 0 Å². The number of hydrogen-bond acceptors (Lipinski definition) is 3. The number of rotatable bonds is 5. The molecule has 1 amide bonds. The second-order valence-electron chi connectivity index (χ2n) is 5.29. The molecule has 2 N–H and O–H groups in total. The Morgan fingerprint density at radius 3 is 2.79 bits per heavy atom.